The molecule has 3 aliphatic rings. The molecule has 1 heterocycles. The van der Waals surface area contributed by atoms with Crippen LogP contribution < -0.4 is 0 Å². The lowest BCUT2D eigenvalue weighted by Gasteiger charge is -2.46. The van der Waals surface area contributed by atoms with Gasteiger partial charge in [0.05, 0.1) is 0 Å². The molecule has 0 bridgehead atoms. The van der Waals surface area contributed by atoms with Crippen molar-refractivity contribution in [1.82, 2.24) is 4.90 Å². The zero-order valence-electron chi connectivity index (χ0n) is 12.4. The number of halogens is 1. The van der Waals surface area contributed by atoms with Crippen LogP contribution in [0, 0.1) is 10.8 Å². The van der Waals surface area contributed by atoms with E-state index in [-0.39, 0.29) is 0 Å². The highest BCUT2D eigenvalue weighted by molar-refractivity contribution is 9.09. The van der Waals surface area contributed by atoms with Crippen molar-refractivity contribution in [3.05, 3.63) is 0 Å². The maximum atomic E-state index is 3.80. The molecule has 0 atom stereocenters. The molecule has 2 saturated carbocycles. The van der Waals surface area contributed by atoms with Crippen LogP contribution in [0.25, 0.3) is 0 Å². The minimum absolute atomic E-state index is 0.622. The van der Waals surface area contributed by atoms with Gasteiger partial charge in [0, 0.05) is 11.9 Å². The number of piperidine rings is 1. The summed E-state index contributed by atoms with van der Waals surface area (Å²) in [6, 6.07) is 0. The number of hydrogen-bond acceptors (Lipinski definition) is 1. The number of likely N-dealkylation sites (tertiary alicyclic amines) is 1. The van der Waals surface area contributed by atoms with Crippen LogP contribution in [0.15, 0.2) is 0 Å². The summed E-state index contributed by atoms with van der Waals surface area (Å²) in [5, 5.41) is 1.22. The zero-order valence-corrected chi connectivity index (χ0v) is 14.0. The third-order valence-corrected chi connectivity index (χ3v) is 7.53. The zero-order chi connectivity index (χ0) is 13.2. The summed E-state index contributed by atoms with van der Waals surface area (Å²) >= 11 is 3.80. The molecule has 2 aliphatic carbocycles. The molecule has 0 radical (unpaired) electrons. The van der Waals surface area contributed by atoms with Gasteiger partial charge in [-0.1, -0.05) is 48.0 Å². The van der Waals surface area contributed by atoms with Crippen molar-refractivity contribution in [2.24, 2.45) is 10.8 Å². The summed E-state index contributed by atoms with van der Waals surface area (Å²) < 4.78 is 0. The number of rotatable bonds is 3. The van der Waals surface area contributed by atoms with E-state index in [2.05, 4.69) is 20.8 Å². The molecule has 0 aromatic carbocycles. The third-order valence-electron chi connectivity index (χ3n) is 6.34. The predicted molar refractivity (Wildman–Crippen MR) is 85.9 cm³/mol. The third kappa shape index (κ3) is 3.20. The highest BCUT2D eigenvalue weighted by Crippen LogP contribution is 2.46. The molecule has 0 amide bonds. The first-order chi connectivity index (χ1) is 9.26. The van der Waals surface area contributed by atoms with Crippen molar-refractivity contribution >= 4 is 15.9 Å². The SMILES string of the molecule is BrCC1(CN2CCC3(CCCCC3)CC2)CCCC1. The maximum Gasteiger partial charge on any atom is 0.0100 e. The Morgan fingerprint density at radius 1 is 0.737 bits per heavy atom. The summed E-state index contributed by atoms with van der Waals surface area (Å²) in [6.45, 7) is 4.14. The van der Waals surface area contributed by atoms with Crippen molar-refractivity contribution in [3.63, 3.8) is 0 Å². The molecule has 1 spiro atoms. The lowest BCUT2D eigenvalue weighted by molar-refractivity contribution is 0.0475. The van der Waals surface area contributed by atoms with Crippen LogP contribution in [0.3, 0.4) is 0 Å². The van der Waals surface area contributed by atoms with E-state index in [4.69, 9.17) is 0 Å². The lowest BCUT2D eigenvalue weighted by Crippen LogP contribution is -2.45. The van der Waals surface area contributed by atoms with Crippen LogP contribution in [-0.4, -0.2) is 29.9 Å². The molecule has 0 aromatic rings. The minimum atomic E-state index is 0.622. The summed E-state index contributed by atoms with van der Waals surface area (Å²) in [6.07, 6.45) is 16.4. The van der Waals surface area contributed by atoms with Gasteiger partial charge < -0.3 is 4.90 Å². The van der Waals surface area contributed by atoms with Gasteiger partial charge in [-0.25, -0.2) is 0 Å². The Bertz CT molecular complexity index is 280. The average Bonchev–Trinajstić information content (AvgIpc) is 2.92. The topological polar surface area (TPSA) is 3.24 Å². The van der Waals surface area contributed by atoms with Gasteiger partial charge in [0.1, 0.15) is 0 Å². The minimum Gasteiger partial charge on any atom is -0.303 e. The van der Waals surface area contributed by atoms with Gasteiger partial charge in [-0.2, -0.15) is 0 Å². The van der Waals surface area contributed by atoms with E-state index >= 15 is 0 Å². The van der Waals surface area contributed by atoms with Gasteiger partial charge in [-0.05, 0) is 62.4 Å². The van der Waals surface area contributed by atoms with Gasteiger partial charge in [-0.15, -0.1) is 0 Å². The van der Waals surface area contributed by atoms with E-state index in [9.17, 15) is 0 Å². The Labute approximate surface area is 127 Å². The fourth-order valence-corrected chi connectivity index (χ4v) is 5.66. The molecule has 0 N–H and O–H groups in total. The lowest BCUT2D eigenvalue weighted by atomic mass is 9.68. The second-order valence-corrected chi connectivity index (χ2v) is 8.24. The maximum absolute atomic E-state index is 3.80. The van der Waals surface area contributed by atoms with Crippen LogP contribution in [0.4, 0.5) is 0 Å². The first kappa shape index (κ1) is 14.4. The average molecular weight is 328 g/mol. The Morgan fingerprint density at radius 2 is 1.32 bits per heavy atom. The Hall–Kier alpha value is 0.440. The van der Waals surface area contributed by atoms with E-state index in [0.717, 1.165) is 5.41 Å². The second-order valence-electron chi connectivity index (χ2n) is 7.68. The molecule has 110 valence electrons. The molecule has 1 aliphatic heterocycles. The van der Waals surface area contributed by atoms with E-state index in [1.54, 1.807) is 0 Å². The highest BCUT2D eigenvalue weighted by Gasteiger charge is 2.39. The Morgan fingerprint density at radius 3 is 1.89 bits per heavy atom. The second kappa shape index (κ2) is 6.05. The smallest absolute Gasteiger partial charge is 0.0100 e. The van der Waals surface area contributed by atoms with Crippen LogP contribution in [0.1, 0.15) is 70.6 Å². The van der Waals surface area contributed by atoms with Crippen molar-refractivity contribution in [1.29, 1.82) is 0 Å². The molecule has 0 aromatic heterocycles. The highest BCUT2D eigenvalue weighted by atomic mass is 79.9. The largest absolute Gasteiger partial charge is 0.303 e. The molecule has 1 nitrogen and oxygen atoms in total. The van der Waals surface area contributed by atoms with Crippen LogP contribution >= 0.6 is 15.9 Å². The first-order valence-corrected chi connectivity index (χ1v) is 9.67. The quantitative estimate of drug-likeness (QED) is 0.660. The molecule has 1 saturated heterocycles. The van der Waals surface area contributed by atoms with Gasteiger partial charge in [0.25, 0.3) is 0 Å². The summed E-state index contributed by atoms with van der Waals surface area (Å²) in [4.78, 5) is 2.80. The van der Waals surface area contributed by atoms with Crippen molar-refractivity contribution in [2.45, 2.75) is 70.6 Å². The molecule has 19 heavy (non-hydrogen) atoms. The summed E-state index contributed by atoms with van der Waals surface area (Å²) in [5.74, 6) is 0. The van der Waals surface area contributed by atoms with E-state index in [1.807, 2.05) is 0 Å². The predicted octanol–water partition coefficient (Wildman–Crippen LogP) is 4.99. The molecule has 3 rings (SSSR count). The fraction of sp³-hybridized carbons (Fsp3) is 1.00. The van der Waals surface area contributed by atoms with Crippen LogP contribution in [0.5, 0.6) is 0 Å². The Balaban J connectivity index is 1.52. The normalized spacial score (nSPS) is 30.8. The van der Waals surface area contributed by atoms with Gasteiger partial charge >= 0.3 is 0 Å². The fourth-order valence-electron chi connectivity index (χ4n) is 4.92. The van der Waals surface area contributed by atoms with Crippen LogP contribution in [0.2, 0.25) is 0 Å². The summed E-state index contributed by atoms with van der Waals surface area (Å²) in [5.41, 5.74) is 1.39. The van der Waals surface area contributed by atoms with Crippen molar-refractivity contribution in [3.8, 4) is 0 Å². The summed E-state index contributed by atoms with van der Waals surface area (Å²) in [7, 11) is 0. The van der Waals surface area contributed by atoms with E-state index in [0.29, 0.717) is 5.41 Å². The van der Waals surface area contributed by atoms with Gasteiger partial charge in [0.15, 0.2) is 0 Å². The Kier molecular flexibility index (Phi) is 4.58. The molecular formula is C17H30BrN. The number of alkyl halides is 1. The van der Waals surface area contributed by atoms with Crippen molar-refractivity contribution in [2.75, 3.05) is 25.0 Å². The van der Waals surface area contributed by atoms with Gasteiger partial charge in [0.2, 0.25) is 0 Å². The molecule has 2 heteroatoms. The van der Waals surface area contributed by atoms with E-state index < -0.39 is 0 Å². The molecule has 0 unspecified atom stereocenters. The molecular weight excluding hydrogens is 298 g/mol. The number of hydrogen-bond donors (Lipinski definition) is 0. The standard InChI is InChI=1S/C17H30BrN/c18-14-17(8-4-5-9-17)15-19-12-10-16(11-13-19)6-2-1-3-7-16/h1-15H2. The monoisotopic (exact) mass is 327 g/mol. The first-order valence-electron chi connectivity index (χ1n) is 8.54. The van der Waals surface area contributed by atoms with Crippen LogP contribution in [-0.2, 0) is 0 Å². The van der Waals surface area contributed by atoms with Crippen molar-refractivity contribution < 1.29 is 0 Å². The van der Waals surface area contributed by atoms with E-state index in [1.165, 1.54) is 95.6 Å². The number of nitrogens with zero attached hydrogens (tertiary/aromatic N) is 1. The molecule has 3 fully saturated rings. The van der Waals surface area contributed by atoms with Gasteiger partial charge in [-0.3, -0.25) is 0 Å².